The molecule has 1 aliphatic carbocycles. The summed E-state index contributed by atoms with van der Waals surface area (Å²) in [5, 5.41) is 3.50. The lowest BCUT2D eigenvalue weighted by molar-refractivity contribution is 0.529. The molecule has 1 spiro atoms. The highest BCUT2D eigenvalue weighted by Gasteiger charge is 2.47. The van der Waals surface area contributed by atoms with Crippen LogP contribution in [0, 0.1) is 0 Å². The standard InChI is InChI=1S/C11H12BrN/c12-9-3-1-2-8-6-13-7-11(4-5-11)10(8)9/h1-3,13H,4-7H2. The normalized spacial score (nSPS) is 22.8. The lowest BCUT2D eigenvalue weighted by atomic mass is 9.88. The highest BCUT2D eigenvalue weighted by Crippen LogP contribution is 2.52. The molecule has 1 aliphatic heterocycles. The zero-order valence-corrected chi connectivity index (χ0v) is 9.02. The zero-order valence-electron chi connectivity index (χ0n) is 7.44. The van der Waals surface area contributed by atoms with Gasteiger partial charge in [0.25, 0.3) is 0 Å². The summed E-state index contributed by atoms with van der Waals surface area (Å²) in [5.41, 5.74) is 3.56. The Hall–Kier alpha value is -0.340. The van der Waals surface area contributed by atoms with Crippen molar-refractivity contribution in [3.8, 4) is 0 Å². The minimum atomic E-state index is 0.494. The summed E-state index contributed by atoms with van der Waals surface area (Å²) in [6.45, 7) is 2.21. The van der Waals surface area contributed by atoms with Crippen LogP contribution in [-0.2, 0) is 12.0 Å². The van der Waals surface area contributed by atoms with Crippen LogP contribution in [-0.4, -0.2) is 6.54 Å². The van der Waals surface area contributed by atoms with Gasteiger partial charge in [0.1, 0.15) is 0 Å². The third-order valence-corrected chi connectivity index (χ3v) is 3.92. The highest BCUT2D eigenvalue weighted by atomic mass is 79.9. The maximum Gasteiger partial charge on any atom is 0.0216 e. The summed E-state index contributed by atoms with van der Waals surface area (Å²) in [5.74, 6) is 0. The topological polar surface area (TPSA) is 12.0 Å². The average molecular weight is 238 g/mol. The molecule has 2 aliphatic rings. The molecule has 68 valence electrons. The fraction of sp³-hybridized carbons (Fsp3) is 0.455. The largest absolute Gasteiger partial charge is 0.312 e. The Kier molecular flexibility index (Phi) is 1.59. The molecule has 0 unspecified atom stereocenters. The summed E-state index contributed by atoms with van der Waals surface area (Å²) in [4.78, 5) is 0. The lowest BCUT2D eigenvalue weighted by Crippen LogP contribution is -2.33. The predicted molar refractivity (Wildman–Crippen MR) is 56.8 cm³/mol. The minimum absolute atomic E-state index is 0.494. The number of rotatable bonds is 0. The van der Waals surface area contributed by atoms with E-state index in [1.54, 1.807) is 5.56 Å². The molecular weight excluding hydrogens is 226 g/mol. The maximum atomic E-state index is 3.67. The van der Waals surface area contributed by atoms with E-state index >= 15 is 0 Å². The van der Waals surface area contributed by atoms with Gasteiger partial charge in [-0.15, -0.1) is 0 Å². The third-order valence-electron chi connectivity index (χ3n) is 3.26. The summed E-state index contributed by atoms with van der Waals surface area (Å²) in [6, 6.07) is 6.54. The van der Waals surface area contributed by atoms with Crippen molar-refractivity contribution in [3.63, 3.8) is 0 Å². The molecule has 3 rings (SSSR count). The van der Waals surface area contributed by atoms with Gasteiger partial charge in [-0.05, 0) is 30.0 Å². The van der Waals surface area contributed by atoms with Gasteiger partial charge in [0.2, 0.25) is 0 Å². The fourth-order valence-electron chi connectivity index (χ4n) is 2.41. The maximum absolute atomic E-state index is 3.67. The summed E-state index contributed by atoms with van der Waals surface area (Å²) < 4.78 is 1.31. The van der Waals surface area contributed by atoms with Gasteiger partial charge in [0, 0.05) is 23.0 Å². The number of halogens is 1. The van der Waals surface area contributed by atoms with Crippen molar-refractivity contribution in [1.29, 1.82) is 0 Å². The molecule has 1 N–H and O–H groups in total. The Morgan fingerprint density at radius 1 is 1.31 bits per heavy atom. The van der Waals surface area contributed by atoms with Crippen molar-refractivity contribution in [2.75, 3.05) is 6.54 Å². The van der Waals surface area contributed by atoms with E-state index < -0.39 is 0 Å². The van der Waals surface area contributed by atoms with Crippen LogP contribution in [0.2, 0.25) is 0 Å². The Balaban J connectivity index is 2.21. The van der Waals surface area contributed by atoms with E-state index in [1.807, 2.05) is 0 Å². The monoisotopic (exact) mass is 237 g/mol. The van der Waals surface area contributed by atoms with Crippen LogP contribution < -0.4 is 5.32 Å². The molecule has 2 heteroatoms. The van der Waals surface area contributed by atoms with Gasteiger partial charge in [-0.1, -0.05) is 28.1 Å². The first-order valence-electron chi connectivity index (χ1n) is 4.80. The average Bonchev–Trinajstić information content (AvgIpc) is 2.86. The number of hydrogen-bond donors (Lipinski definition) is 1. The number of hydrogen-bond acceptors (Lipinski definition) is 1. The molecule has 1 saturated carbocycles. The second-order valence-corrected chi connectivity index (χ2v) is 5.01. The van der Waals surface area contributed by atoms with Gasteiger partial charge in [0.05, 0.1) is 0 Å². The minimum Gasteiger partial charge on any atom is -0.312 e. The van der Waals surface area contributed by atoms with E-state index in [4.69, 9.17) is 0 Å². The second-order valence-electron chi connectivity index (χ2n) is 4.16. The van der Waals surface area contributed by atoms with Crippen LogP contribution in [0.1, 0.15) is 24.0 Å². The van der Waals surface area contributed by atoms with Crippen LogP contribution in [0.5, 0.6) is 0 Å². The van der Waals surface area contributed by atoms with Gasteiger partial charge in [-0.25, -0.2) is 0 Å². The summed E-state index contributed by atoms with van der Waals surface area (Å²) in [7, 11) is 0. The molecule has 1 fully saturated rings. The van der Waals surface area contributed by atoms with Crippen LogP contribution in [0.25, 0.3) is 0 Å². The molecule has 1 aromatic rings. The number of benzene rings is 1. The fourth-order valence-corrected chi connectivity index (χ4v) is 3.24. The van der Waals surface area contributed by atoms with E-state index in [0.717, 1.165) is 6.54 Å². The molecule has 0 radical (unpaired) electrons. The molecule has 13 heavy (non-hydrogen) atoms. The molecule has 0 atom stereocenters. The molecule has 0 bridgehead atoms. The lowest BCUT2D eigenvalue weighted by Gasteiger charge is -2.27. The first-order chi connectivity index (χ1) is 6.32. The molecule has 0 amide bonds. The van der Waals surface area contributed by atoms with Gasteiger partial charge >= 0.3 is 0 Å². The Bertz CT molecular complexity index is 355. The van der Waals surface area contributed by atoms with Gasteiger partial charge in [-0.2, -0.15) is 0 Å². The Labute approximate surface area is 86.7 Å². The first-order valence-corrected chi connectivity index (χ1v) is 5.60. The van der Waals surface area contributed by atoms with Crippen LogP contribution in [0.3, 0.4) is 0 Å². The van der Waals surface area contributed by atoms with Crippen molar-refractivity contribution in [2.24, 2.45) is 0 Å². The zero-order chi connectivity index (χ0) is 8.89. The quantitative estimate of drug-likeness (QED) is 0.732. The highest BCUT2D eigenvalue weighted by molar-refractivity contribution is 9.10. The molecule has 1 aromatic carbocycles. The van der Waals surface area contributed by atoms with Gasteiger partial charge in [0.15, 0.2) is 0 Å². The van der Waals surface area contributed by atoms with Crippen LogP contribution >= 0.6 is 15.9 Å². The summed E-state index contributed by atoms with van der Waals surface area (Å²) >= 11 is 3.67. The molecule has 0 aromatic heterocycles. The third kappa shape index (κ3) is 1.09. The van der Waals surface area contributed by atoms with Crippen molar-refractivity contribution in [3.05, 3.63) is 33.8 Å². The van der Waals surface area contributed by atoms with Crippen LogP contribution in [0.15, 0.2) is 22.7 Å². The number of nitrogens with one attached hydrogen (secondary N) is 1. The number of fused-ring (bicyclic) bond motifs is 2. The predicted octanol–water partition coefficient (Wildman–Crippen LogP) is 2.58. The summed E-state index contributed by atoms with van der Waals surface area (Å²) in [6.07, 6.45) is 2.71. The SMILES string of the molecule is Brc1cccc2c1C1(CC1)CNC2. The van der Waals surface area contributed by atoms with Gasteiger partial charge < -0.3 is 5.32 Å². The van der Waals surface area contributed by atoms with E-state index in [2.05, 4.69) is 39.4 Å². The van der Waals surface area contributed by atoms with Crippen molar-refractivity contribution < 1.29 is 0 Å². The first kappa shape index (κ1) is 8.01. The Morgan fingerprint density at radius 2 is 2.15 bits per heavy atom. The van der Waals surface area contributed by atoms with E-state index in [9.17, 15) is 0 Å². The Morgan fingerprint density at radius 3 is 2.92 bits per heavy atom. The smallest absolute Gasteiger partial charge is 0.0216 e. The van der Waals surface area contributed by atoms with E-state index in [1.165, 1.54) is 29.4 Å². The van der Waals surface area contributed by atoms with Crippen molar-refractivity contribution in [1.82, 2.24) is 5.32 Å². The van der Waals surface area contributed by atoms with Crippen molar-refractivity contribution >= 4 is 15.9 Å². The molecular formula is C11H12BrN. The van der Waals surface area contributed by atoms with Gasteiger partial charge in [-0.3, -0.25) is 0 Å². The molecule has 1 heterocycles. The van der Waals surface area contributed by atoms with Crippen LogP contribution in [0.4, 0.5) is 0 Å². The van der Waals surface area contributed by atoms with E-state index in [-0.39, 0.29) is 0 Å². The molecule has 1 nitrogen and oxygen atoms in total. The van der Waals surface area contributed by atoms with Crippen molar-refractivity contribution in [2.45, 2.75) is 24.8 Å². The van der Waals surface area contributed by atoms with E-state index in [0.29, 0.717) is 5.41 Å². The second kappa shape index (κ2) is 2.58. The molecule has 0 saturated heterocycles.